The molecule has 2 unspecified atom stereocenters. The molecule has 0 aromatic heterocycles. The zero-order valence-corrected chi connectivity index (χ0v) is 24.0. The molecule has 7 heteroatoms. The minimum absolute atomic E-state index is 0.207. The Morgan fingerprint density at radius 2 is 0.973 bits per heavy atom. The quantitative estimate of drug-likeness (QED) is 0.165. The molecule has 0 saturated carbocycles. The average Bonchev–Trinajstić information content (AvgIpc) is 3.20. The summed E-state index contributed by atoms with van der Waals surface area (Å²) in [6.45, 7) is 0. The van der Waals surface area contributed by atoms with Gasteiger partial charge in [0.1, 0.15) is 11.5 Å². The number of halogens is 3. The number of hydrogen-bond acceptors (Lipinski definition) is 3. The Hall–Kier alpha value is -2.74. The van der Waals surface area contributed by atoms with Crippen LogP contribution in [0.25, 0.3) is 0 Å². The molecule has 8 rings (SSSR count). The highest BCUT2D eigenvalue weighted by molar-refractivity contribution is 9.10. The normalized spacial score (nSPS) is 27.1. The number of amides is 2. The summed E-state index contributed by atoms with van der Waals surface area (Å²) in [5.74, 6) is -0.283. The summed E-state index contributed by atoms with van der Waals surface area (Å²) in [7, 11) is 0. The van der Waals surface area contributed by atoms with Gasteiger partial charge in [-0.05, 0) is 70.8 Å². The second kappa shape index (κ2) is 8.13. The third-order valence-electron chi connectivity index (χ3n) is 7.73. The molecule has 37 heavy (non-hydrogen) atoms. The van der Waals surface area contributed by atoms with Crippen LogP contribution in [0.15, 0.2) is 102 Å². The van der Waals surface area contributed by atoms with Crippen LogP contribution in [0.2, 0.25) is 0 Å². The van der Waals surface area contributed by atoms with Crippen molar-refractivity contribution >= 4 is 65.3 Å². The topological polar surface area (TPSA) is 46.6 Å². The summed E-state index contributed by atoms with van der Waals surface area (Å²) in [4.78, 5) is 29.6. The van der Waals surface area contributed by atoms with Crippen LogP contribution < -0.4 is 9.64 Å². The maximum Gasteiger partial charge on any atom is 0.239 e. The molecule has 1 fully saturated rings. The number of carbonyl (C=O) groups excluding carboxylic acids is 2. The molecule has 2 atom stereocenters. The molecule has 0 spiro atoms. The summed E-state index contributed by atoms with van der Waals surface area (Å²) in [5, 5.41) is 0. The van der Waals surface area contributed by atoms with Crippen LogP contribution in [0.5, 0.6) is 11.5 Å². The van der Waals surface area contributed by atoms with Crippen molar-refractivity contribution in [3.05, 3.63) is 124 Å². The van der Waals surface area contributed by atoms with Crippen molar-refractivity contribution in [2.75, 3.05) is 4.90 Å². The van der Waals surface area contributed by atoms with E-state index >= 15 is 0 Å². The Balaban J connectivity index is 1.31. The molecule has 4 aromatic carbocycles. The van der Waals surface area contributed by atoms with Gasteiger partial charge in [-0.25, -0.2) is 4.90 Å². The number of imide groups is 1. The van der Waals surface area contributed by atoms with Gasteiger partial charge < -0.3 is 4.74 Å². The molecule has 1 heterocycles. The number of alkyl halides is 2. The predicted octanol–water partition coefficient (Wildman–Crippen LogP) is 7.65. The van der Waals surface area contributed by atoms with Crippen LogP contribution in [0, 0.1) is 11.8 Å². The largest absolute Gasteiger partial charge is 0.457 e. The first-order valence-corrected chi connectivity index (χ1v) is 14.2. The van der Waals surface area contributed by atoms with Crippen molar-refractivity contribution in [2.45, 2.75) is 8.65 Å². The fraction of sp³-hybridized carbons (Fsp3) is 0.133. The summed E-state index contributed by atoms with van der Waals surface area (Å²) in [6, 6.07) is 30.8. The van der Waals surface area contributed by atoms with Crippen molar-refractivity contribution in [1.29, 1.82) is 0 Å². The highest BCUT2D eigenvalue weighted by Gasteiger charge is 2.72. The lowest BCUT2D eigenvalue weighted by molar-refractivity contribution is -0.122. The first-order valence-electron chi connectivity index (χ1n) is 11.8. The minimum Gasteiger partial charge on any atom is -0.457 e. The van der Waals surface area contributed by atoms with Crippen LogP contribution in [0.1, 0.15) is 22.3 Å². The fourth-order valence-corrected chi connectivity index (χ4v) is 8.79. The number of benzene rings is 4. The van der Waals surface area contributed by atoms with Crippen molar-refractivity contribution < 1.29 is 14.3 Å². The Kier molecular flexibility index (Phi) is 5.14. The molecule has 4 aromatic rings. The highest BCUT2D eigenvalue weighted by Crippen LogP contribution is 2.70. The Morgan fingerprint density at radius 1 is 0.595 bits per heavy atom. The zero-order valence-electron chi connectivity index (χ0n) is 19.2. The summed E-state index contributed by atoms with van der Waals surface area (Å²) >= 11 is 11.5. The van der Waals surface area contributed by atoms with E-state index in [1.807, 2.05) is 48.5 Å². The fourth-order valence-electron chi connectivity index (χ4n) is 6.22. The van der Waals surface area contributed by atoms with E-state index in [9.17, 15) is 9.59 Å². The van der Waals surface area contributed by atoms with Gasteiger partial charge in [0.25, 0.3) is 0 Å². The van der Waals surface area contributed by atoms with E-state index in [0.29, 0.717) is 17.2 Å². The van der Waals surface area contributed by atoms with Crippen LogP contribution in [0.3, 0.4) is 0 Å². The summed E-state index contributed by atoms with van der Waals surface area (Å²) < 4.78 is 5.31. The number of hydrogen-bond donors (Lipinski definition) is 0. The smallest absolute Gasteiger partial charge is 0.239 e. The molecule has 0 N–H and O–H groups in total. The van der Waals surface area contributed by atoms with Gasteiger partial charge in [-0.2, -0.15) is 0 Å². The molecule has 182 valence electrons. The maximum absolute atomic E-state index is 14.1. The molecule has 1 saturated heterocycles. The molecule has 4 nitrogen and oxygen atoms in total. The van der Waals surface area contributed by atoms with Gasteiger partial charge in [0.15, 0.2) is 0 Å². The van der Waals surface area contributed by atoms with Crippen LogP contribution >= 0.6 is 47.8 Å². The van der Waals surface area contributed by atoms with Crippen LogP contribution in [0.4, 0.5) is 5.69 Å². The number of anilines is 1. The Bertz CT molecular complexity index is 1480. The summed E-state index contributed by atoms with van der Waals surface area (Å²) in [6.07, 6.45) is 0. The third-order valence-corrected chi connectivity index (χ3v) is 11.0. The SMILES string of the molecule is O=C1C2C(C(=O)N1c1ccc(Oc3ccc(Br)cc3)cc1)C1(Br)c3ccccc3C2(Br)c2ccccc21. The lowest BCUT2D eigenvalue weighted by Crippen LogP contribution is -2.56. The van der Waals surface area contributed by atoms with E-state index in [2.05, 4.69) is 72.1 Å². The second-order valence-corrected chi connectivity index (χ2v) is 12.9. The van der Waals surface area contributed by atoms with Crippen LogP contribution in [-0.4, -0.2) is 11.8 Å². The summed E-state index contributed by atoms with van der Waals surface area (Å²) in [5.41, 5.74) is 4.62. The predicted molar refractivity (Wildman–Crippen MR) is 152 cm³/mol. The number of ether oxygens (including phenoxy) is 1. The molecule has 2 amide bonds. The lowest BCUT2D eigenvalue weighted by atomic mass is 9.54. The number of carbonyl (C=O) groups is 2. The standard InChI is InChI=1S/C30H18Br3NO3/c31-17-9-13-19(14-10-17)37-20-15-11-18(12-16-20)34-27(35)25-26(28(34)36)30(33)22-6-2-1-5-21(22)29(25,32)23-7-3-4-8-24(23)30/h1-16,25-26H. The van der Waals surface area contributed by atoms with Gasteiger partial charge in [-0.15, -0.1) is 0 Å². The number of nitrogens with zero attached hydrogens (tertiary/aromatic N) is 1. The molecule has 0 radical (unpaired) electrons. The van der Waals surface area contributed by atoms with E-state index < -0.39 is 20.5 Å². The molecule has 1 aliphatic heterocycles. The highest BCUT2D eigenvalue weighted by atomic mass is 79.9. The first kappa shape index (κ1) is 23.4. The van der Waals surface area contributed by atoms with Crippen molar-refractivity contribution in [3.63, 3.8) is 0 Å². The van der Waals surface area contributed by atoms with Gasteiger partial charge in [0.05, 0.1) is 26.2 Å². The van der Waals surface area contributed by atoms with Gasteiger partial charge in [-0.3, -0.25) is 9.59 Å². The molecular weight excluding hydrogens is 662 g/mol. The van der Waals surface area contributed by atoms with Crippen LogP contribution in [-0.2, 0) is 18.2 Å². The zero-order chi connectivity index (χ0) is 25.5. The van der Waals surface area contributed by atoms with E-state index in [0.717, 1.165) is 26.7 Å². The van der Waals surface area contributed by atoms with Gasteiger partial charge in [-0.1, -0.05) is 96.3 Å². The lowest BCUT2D eigenvalue weighted by Gasteiger charge is -2.55. The average molecular weight is 680 g/mol. The van der Waals surface area contributed by atoms with E-state index in [-0.39, 0.29) is 11.8 Å². The van der Waals surface area contributed by atoms with Crippen molar-refractivity contribution in [2.24, 2.45) is 11.8 Å². The van der Waals surface area contributed by atoms with Crippen molar-refractivity contribution in [1.82, 2.24) is 0 Å². The first-order chi connectivity index (χ1) is 17.8. The Labute approximate surface area is 239 Å². The monoisotopic (exact) mass is 677 g/mol. The van der Waals surface area contributed by atoms with Gasteiger partial charge >= 0.3 is 0 Å². The van der Waals surface area contributed by atoms with Crippen molar-refractivity contribution in [3.8, 4) is 11.5 Å². The van der Waals surface area contributed by atoms with E-state index in [1.165, 1.54) is 4.90 Å². The maximum atomic E-state index is 14.1. The molecule has 3 aliphatic carbocycles. The van der Waals surface area contributed by atoms with E-state index in [1.54, 1.807) is 24.3 Å². The molecular formula is C30H18Br3NO3. The van der Waals surface area contributed by atoms with Gasteiger partial charge in [0, 0.05) is 4.47 Å². The number of rotatable bonds is 3. The van der Waals surface area contributed by atoms with E-state index in [4.69, 9.17) is 4.74 Å². The Morgan fingerprint density at radius 3 is 1.38 bits per heavy atom. The third kappa shape index (κ3) is 3.05. The minimum atomic E-state index is -0.799. The second-order valence-electron chi connectivity index (χ2n) is 9.53. The molecule has 4 aliphatic rings. The van der Waals surface area contributed by atoms with Gasteiger partial charge in [0.2, 0.25) is 11.8 Å². The molecule has 2 bridgehead atoms.